The fourth-order valence-electron chi connectivity index (χ4n) is 6.52. The van der Waals surface area contributed by atoms with E-state index in [4.69, 9.17) is 18.9 Å². The first kappa shape index (κ1) is 33.1. The van der Waals surface area contributed by atoms with Crippen molar-refractivity contribution in [1.82, 2.24) is 0 Å². The van der Waals surface area contributed by atoms with Gasteiger partial charge < -0.3 is 29.2 Å². The standard InChI is InChI=1S/C33H56O7/c1-32(2,19-10-11-23-34)22-18-28(40-30-17-7-14-26-39-30)33(20-8-9-21-33)27(31(35)36)15-5-3-4-12-24-37-29-16-6-13-25-38-29/h3-4,18,27,29-30,34H,5-17,19-26H2,1-2H3,(H,35,36)/t27-,29?,30?/m1/s1. The molecule has 0 bridgehead atoms. The van der Waals surface area contributed by atoms with Crippen LogP contribution in [0.25, 0.3) is 0 Å². The van der Waals surface area contributed by atoms with Gasteiger partial charge in [0.1, 0.15) is 5.76 Å². The molecule has 3 fully saturated rings. The lowest BCUT2D eigenvalue weighted by molar-refractivity contribution is -0.163. The van der Waals surface area contributed by atoms with Gasteiger partial charge in [-0.15, -0.1) is 0 Å². The second-order valence-electron chi connectivity index (χ2n) is 12.8. The molecule has 3 atom stereocenters. The van der Waals surface area contributed by atoms with Crippen LogP contribution in [0.3, 0.4) is 0 Å². The molecule has 1 aliphatic carbocycles. The molecule has 3 aliphatic rings. The first-order chi connectivity index (χ1) is 19.4. The Balaban J connectivity index is 1.68. The molecule has 0 aromatic carbocycles. The number of aliphatic hydroxyl groups excluding tert-OH is 1. The lowest BCUT2D eigenvalue weighted by Crippen LogP contribution is -2.38. The van der Waals surface area contributed by atoms with Crippen LogP contribution >= 0.6 is 0 Å². The summed E-state index contributed by atoms with van der Waals surface area (Å²) in [6.45, 7) is 6.83. The Kier molecular flexibility index (Phi) is 14.5. The van der Waals surface area contributed by atoms with Gasteiger partial charge >= 0.3 is 5.97 Å². The molecule has 2 heterocycles. The molecule has 1 saturated carbocycles. The maximum Gasteiger partial charge on any atom is 0.307 e. The minimum atomic E-state index is -0.727. The van der Waals surface area contributed by atoms with E-state index in [1.807, 2.05) is 0 Å². The molecule has 2 N–H and O–H groups in total. The van der Waals surface area contributed by atoms with Crippen molar-refractivity contribution in [3.05, 3.63) is 24.0 Å². The number of hydrogen-bond donors (Lipinski definition) is 2. The predicted molar refractivity (Wildman–Crippen MR) is 157 cm³/mol. The van der Waals surface area contributed by atoms with E-state index in [0.29, 0.717) is 19.6 Å². The fourth-order valence-corrected chi connectivity index (χ4v) is 6.52. The largest absolute Gasteiger partial charge is 0.481 e. The zero-order chi connectivity index (χ0) is 28.7. The smallest absolute Gasteiger partial charge is 0.307 e. The van der Waals surface area contributed by atoms with Crippen LogP contribution in [-0.4, -0.2) is 55.2 Å². The lowest BCUT2D eigenvalue weighted by Gasteiger charge is -2.39. The van der Waals surface area contributed by atoms with Gasteiger partial charge in [0.05, 0.1) is 19.1 Å². The van der Waals surface area contributed by atoms with Crippen molar-refractivity contribution in [3.63, 3.8) is 0 Å². The third-order valence-corrected chi connectivity index (χ3v) is 8.96. The Hall–Kier alpha value is -1.41. The van der Waals surface area contributed by atoms with Gasteiger partial charge in [-0.25, -0.2) is 0 Å². The molecule has 3 rings (SSSR count). The maximum atomic E-state index is 12.8. The van der Waals surface area contributed by atoms with E-state index in [1.54, 1.807) is 0 Å². The predicted octanol–water partition coefficient (Wildman–Crippen LogP) is 7.52. The number of carboxylic acid groups (broad SMARTS) is 1. The molecule has 0 radical (unpaired) electrons. The molecule has 0 aromatic heterocycles. The number of ether oxygens (including phenoxy) is 4. The molecule has 2 aliphatic heterocycles. The Morgan fingerprint density at radius 3 is 2.27 bits per heavy atom. The lowest BCUT2D eigenvalue weighted by atomic mass is 9.69. The monoisotopic (exact) mass is 564 g/mol. The highest BCUT2D eigenvalue weighted by atomic mass is 16.7. The molecule has 0 aromatic rings. The van der Waals surface area contributed by atoms with Crippen molar-refractivity contribution in [2.45, 2.75) is 136 Å². The summed E-state index contributed by atoms with van der Waals surface area (Å²) in [7, 11) is 0. The summed E-state index contributed by atoms with van der Waals surface area (Å²) in [5.74, 6) is -0.377. The van der Waals surface area contributed by atoms with Crippen molar-refractivity contribution in [3.8, 4) is 0 Å². The van der Waals surface area contributed by atoms with E-state index in [2.05, 4.69) is 32.1 Å². The van der Waals surface area contributed by atoms with Crippen molar-refractivity contribution >= 4 is 5.97 Å². The van der Waals surface area contributed by atoms with E-state index < -0.39 is 17.3 Å². The second kappa shape index (κ2) is 17.5. The number of carbonyl (C=O) groups is 1. The summed E-state index contributed by atoms with van der Waals surface area (Å²) in [6, 6.07) is 0. The maximum absolute atomic E-state index is 12.8. The number of carboxylic acids is 1. The third-order valence-electron chi connectivity index (χ3n) is 8.96. The molecule has 230 valence electrons. The molecule has 2 unspecified atom stereocenters. The summed E-state index contributed by atoms with van der Waals surface area (Å²) in [5, 5.41) is 19.7. The van der Waals surface area contributed by atoms with Crippen LogP contribution in [-0.2, 0) is 23.7 Å². The van der Waals surface area contributed by atoms with Gasteiger partial charge in [-0.1, -0.05) is 45.3 Å². The number of rotatable bonds is 18. The van der Waals surface area contributed by atoms with E-state index in [9.17, 15) is 15.0 Å². The molecule has 40 heavy (non-hydrogen) atoms. The van der Waals surface area contributed by atoms with Gasteiger partial charge in [-0.2, -0.15) is 0 Å². The summed E-state index contributed by atoms with van der Waals surface area (Å²) in [6.07, 6.45) is 21.7. The number of hydrogen-bond acceptors (Lipinski definition) is 6. The van der Waals surface area contributed by atoms with Gasteiger partial charge in [-0.3, -0.25) is 4.79 Å². The molecule has 7 nitrogen and oxygen atoms in total. The van der Waals surface area contributed by atoms with Gasteiger partial charge in [0.2, 0.25) is 0 Å². The van der Waals surface area contributed by atoms with Crippen LogP contribution in [0, 0.1) is 16.7 Å². The number of aliphatic carboxylic acids is 1. The highest BCUT2D eigenvalue weighted by molar-refractivity contribution is 5.72. The van der Waals surface area contributed by atoms with Crippen LogP contribution in [0.2, 0.25) is 0 Å². The van der Waals surface area contributed by atoms with E-state index >= 15 is 0 Å². The Morgan fingerprint density at radius 2 is 1.65 bits per heavy atom. The molecule has 0 amide bonds. The normalized spacial score (nSPS) is 24.8. The minimum absolute atomic E-state index is 0.0448. The van der Waals surface area contributed by atoms with Gasteiger partial charge in [0.25, 0.3) is 0 Å². The Morgan fingerprint density at radius 1 is 0.975 bits per heavy atom. The molecule has 0 spiro atoms. The molecular formula is C33H56O7. The van der Waals surface area contributed by atoms with Gasteiger partial charge in [0, 0.05) is 25.0 Å². The SMILES string of the molecule is CC(C)(CC=C(OC1CCCCO1)C1([C@H](CCC=CCCOC2CCCCO2)C(=O)O)CCCC1)CCCCO. The topological polar surface area (TPSA) is 94.5 Å². The van der Waals surface area contributed by atoms with E-state index in [1.165, 1.54) is 0 Å². The average Bonchev–Trinajstić information content (AvgIpc) is 3.44. The van der Waals surface area contributed by atoms with Crippen LogP contribution in [0.1, 0.15) is 123 Å². The first-order valence-corrected chi connectivity index (χ1v) is 16.1. The average molecular weight is 565 g/mol. The summed E-state index contributed by atoms with van der Waals surface area (Å²) < 4.78 is 24.1. The third kappa shape index (κ3) is 10.8. The summed E-state index contributed by atoms with van der Waals surface area (Å²) in [4.78, 5) is 12.8. The first-order valence-electron chi connectivity index (χ1n) is 16.1. The van der Waals surface area contributed by atoms with Crippen LogP contribution in [0.4, 0.5) is 0 Å². The zero-order valence-electron chi connectivity index (χ0n) is 25.2. The minimum Gasteiger partial charge on any atom is -0.481 e. The van der Waals surface area contributed by atoms with E-state index in [0.717, 1.165) is 115 Å². The van der Waals surface area contributed by atoms with Gasteiger partial charge in [0.15, 0.2) is 12.6 Å². The van der Waals surface area contributed by atoms with Crippen molar-refractivity contribution in [2.75, 3.05) is 26.4 Å². The molecule has 2 saturated heterocycles. The van der Waals surface area contributed by atoms with Crippen LogP contribution in [0.5, 0.6) is 0 Å². The fraction of sp³-hybridized carbons (Fsp3) is 0.848. The van der Waals surface area contributed by atoms with E-state index in [-0.39, 0.29) is 24.6 Å². The Bertz CT molecular complexity index is 772. The summed E-state index contributed by atoms with van der Waals surface area (Å²) >= 11 is 0. The molecule has 7 heteroatoms. The highest BCUT2D eigenvalue weighted by Gasteiger charge is 2.49. The van der Waals surface area contributed by atoms with Crippen molar-refractivity contribution < 1.29 is 34.0 Å². The number of unbranched alkanes of at least 4 members (excludes halogenated alkanes) is 1. The highest BCUT2D eigenvalue weighted by Crippen LogP contribution is 2.53. The van der Waals surface area contributed by atoms with Crippen LogP contribution < -0.4 is 0 Å². The van der Waals surface area contributed by atoms with Crippen molar-refractivity contribution in [1.29, 1.82) is 0 Å². The van der Waals surface area contributed by atoms with Gasteiger partial charge in [-0.05, 0) is 95.0 Å². The summed E-state index contributed by atoms with van der Waals surface area (Å²) in [5.41, 5.74) is -0.452. The van der Waals surface area contributed by atoms with Crippen molar-refractivity contribution in [2.24, 2.45) is 16.7 Å². The number of aliphatic hydroxyl groups is 1. The quantitative estimate of drug-likeness (QED) is 0.101. The zero-order valence-corrected chi connectivity index (χ0v) is 25.2. The second-order valence-corrected chi connectivity index (χ2v) is 12.8. The van der Waals surface area contributed by atoms with Crippen LogP contribution in [0.15, 0.2) is 24.0 Å². The number of allylic oxidation sites excluding steroid dienone is 3. The molecular weight excluding hydrogens is 508 g/mol. The Labute approximate surface area is 242 Å².